The molecule has 1 atom stereocenters. The van der Waals surface area contributed by atoms with Crippen LogP contribution in [0.1, 0.15) is 60.8 Å². The van der Waals surface area contributed by atoms with Crippen molar-refractivity contribution in [1.82, 2.24) is 5.32 Å². The topological polar surface area (TPSA) is 66.4 Å². The molecule has 1 unspecified atom stereocenters. The molecule has 0 bridgehead atoms. The zero-order valence-electron chi connectivity index (χ0n) is 15.3. The number of carboxylic acids is 1. The average Bonchev–Trinajstić information content (AvgIpc) is 2.43. The first-order valence-electron chi connectivity index (χ1n) is 8.38. The van der Waals surface area contributed by atoms with Crippen molar-refractivity contribution in [2.24, 2.45) is 16.7 Å². The van der Waals surface area contributed by atoms with Crippen molar-refractivity contribution < 1.29 is 14.7 Å². The maximum Gasteiger partial charge on any atom is 0.326 e. The van der Waals surface area contributed by atoms with Gasteiger partial charge < -0.3 is 10.4 Å². The van der Waals surface area contributed by atoms with Gasteiger partial charge in [0.1, 0.15) is 6.04 Å². The second-order valence-electron chi connectivity index (χ2n) is 8.12. The van der Waals surface area contributed by atoms with Crippen LogP contribution in [0.3, 0.4) is 0 Å². The van der Waals surface area contributed by atoms with Crippen molar-refractivity contribution in [1.29, 1.82) is 0 Å². The molecule has 0 saturated carbocycles. The lowest BCUT2D eigenvalue weighted by molar-refractivity contribution is -0.145. The van der Waals surface area contributed by atoms with E-state index in [1.807, 2.05) is 13.8 Å². The third-order valence-electron chi connectivity index (χ3n) is 4.49. The van der Waals surface area contributed by atoms with Gasteiger partial charge in [0.25, 0.3) is 0 Å². The first kappa shape index (κ1) is 19.5. The first-order chi connectivity index (χ1) is 10.5. The monoisotopic (exact) mass is 321 g/mol. The fraction of sp³-hybridized carbons (Fsp3) is 0.684. The molecule has 0 radical (unpaired) electrons. The van der Waals surface area contributed by atoms with E-state index in [2.05, 4.69) is 37.4 Å². The minimum atomic E-state index is -0.985. The van der Waals surface area contributed by atoms with Gasteiger partial charge in [0.05, 0.1) is 0 Å². The van der Waals surface area contributed by atoms with E-state index in [4.69, 9.17) is 0 Å². The van der Waals surface area contributed by atoms with Crippen LogP contribution in [-0.4, -0.2) is 23.0 Å². The van der Waals surface area contributed by atoms with Gasteiger partial charge in [-0.2, -0.15) is 0 Å². The van der Waals surface area contributed by atoms with E-state index in [0.717, 1.165) is 12.8 Å². The Balaban J connectivity index is 2.84. The van der Waals surface area contributed by atoms with Crippen molar-refractivity contribution in [3.63, 3.8) is 0 Å². The van der Waals surface area contributed by atoms with Crippen LogP contribution in [0.2, 0.25) is 0 Å². The summed E-state index contributed by atoms with van der Waals surface area (Å²) in [6.07, 6.45) is 9.32. The third kappa shape index (κ3) is 5.22. The highest BCUT2D eigenvalue weighted by Crippen LogP contribution is 2.41. The Morgan fingerprint density at radius 3 is 2.26 bits per heavy atom. The molecule has 1 rings (SSSR count). The summed E-state index contributed by atoms with van der Waals surface area (Å²) in [6, 6.07) is -0.848. The number of allylic oxidation sites excluding steroid dienone is 4. The Hall–Kier alpha value is -1.58. The van der Waals surface area contributed by atoms with Crippen molar-refractivity contribution in [2.45, 2.75) is 66.8 Å². The lowest BCUT2D eigenvalue weighted by Gasteiger charge is -2.36. The second-order valence-corrected chi connectivity index (χ2v) is 8.12. The molecular formula is C19H31NO3. The van der Waals surface area contributed by atoms with Gasteiger partial charge in [0.15, 0.2) is 0 Å². The Bertz CT molecular complexity index is 513. The standard InChI is InChI=1S/C19H31NO3/c1-13(2)15(16(21)22)20-17(23)19(5,6)12-18(3,4)14-10-8-7-9-11-14/h8,10-11,13,15H,7,9,12H2,1-6H3,(H,20,23)(H,21,22). The van der Waals surface area contributed by atoms with E-state index in [1.165, 1.54) is 5.57 Å². The number of rotatable bonds is 7. The molecule has 2 N–H and O–H groups in total. The van der Waals surface area contributed by atoms with E-state index in [-0.39, 0.29) is 17.2 Å². The maximum atomic E-state index is 12.6. The maximum absolute atomic E-state index is 12.6. The number of hydrogen-bond donors (Lipinski definition) is 2. The molecule has 0 saturated heterocycles. The lowest BCUT2D eigenvalue weighted by Crippen LogP contribution is -2.50. The van der Waals surface area contributed by atoms with E-state index >= 15 is 0 Å². The molecule has 0 fully saturated rings. The molecule has 0 spiro atoms. The summed E-state index contributed by atoms with van der Waals surface area (Å²) < 4.78 is 0. The Kier molecular flexibility index (Phi) is 6.20. The Labute approximate surface area is 140 Å². The highest BCUT2D eigenvalue weighted by Gasteiger charge is 2.38. The number of carbonyl (C=O) groups is 2. The molecule has 1 aliphatic carbocycles. The first-order valence-corrected chi connectivity index (χ1v) is 8.38. The van der Waals surface area contributed by atoms with Gasteiger partial charge in [-0.1, -0.05) is 59.8 Å². The van der Waals surface area contributed by atoms with Gasteiger partial charge in [-0.05, 0) is 36.2 Å². The number of nitrogens with one attached hydrogen (secondary N) is 1. The van der Waals surface area contributed by atoms with Crippen LogP contribution in [0.15, 0.2) is 23.8 Å². The summed E-state index contributed by atoms with van der Waals surface area (Å²) in [4.78, 5) is 23.9. The van der Waals surface area contributed by atoms with Crippen molar-refractivity contribution >= 4 is 11.9 Å². The van der Waals surface area contributed by atoms with Gasteiger partial charge in [0, 0.05) is 5.41 Å². The fourth-order valence-corrected chi connectivity index (χ4v) is 3.25. The largest absolute Gasteiger partial charge is 0.480 e. The number of hydrogen-bond acceptors (Lipinski definition) is 2. The van der Waals surface area contributed by atoms with Crippen LogP contribution in [-0.2, 0) is 9.59 Å². The van der Waals surface area contributed by atoms with E-state index in [1.54, 1.807) is 13.8 Å². The molecule has 4 nitrogen and oxygen atoms in total. The van der Waals surface area contributed by atoms with Crippen LogP contribution in [0, 0.1) is 16.7 Å². The molecule has 0 aromatic rings. The van der Waals surface area contributed by atoms with E-state index < -0.39 is 17.4 Å². The van der Waals surface area contributed by atoms with Gasteiger partial charge in [-0.25, -0.2) is 4.79 Å². The van der Waals surface area contributed by atoms with Crippen LogP contribution >= 0.6 is 0 Å². The number of amides is 1. The summed E-state index contributed by atoms with van der Waals surface area (Å²) in [5, 5.41) is 12.0. The third-order valence-corrected chi connectivity index (χ3v) is 4.49. The molecule has 4 heteroatoms. The number of carbonyl (C=O) groups excluding carboxylic acids is 1. The minimum absolute atomic E-state index is 0.131. The molecule has 0 aromatic heterocycles. The Morgan fingerprint density at radius 1 is 1.22 bits per heavy atom. The van der Waals surface area contributed by atoms with Gasteiger partial charge in [-0.15, -0.1) is 0 Å². The van der Waals surface area contributed by atoms with Crippen LogP contribution in [0.4, 0.5) is 0 Å². The second kappa shape index (κ2) is 7.33. The smallest absolute Gasteiger partial charge is 0.326 e. The average molecular weight is 321 g/mol. The molecule has 0 heterocycles. The molecule has 0 aliphatic heterocycles. The summed E-state index contributed by atoms with van der Waals surface area (Å²) in [5.41, 5.74) is 0.482. The van der Waals surface area contributed by atoms with Crippen molar-refractivity contribution in [3.05, 3.63) is 23.8 Å². The molecule has 130 valence electrons. The van der Waals surface area contributed by atoms with E-state index in [0.29, 0.717) is 6.42 Å². The summed E-state index contributed by atoms with van der Waals surface area (Å²) in [5.74, 6) is -1.34. The highest BCUT2D eigenvalue weighted by molar-refractivity contribution is 5.87. The fourth-order valence-electron chi connectivity index (χ4n) is 3.25. The van der Waals surface area contributed by atoms with E-state index in [9.17, 15) is 14.7 Å². The molecular weight excluding hydrogens is 290 g/mol. The van der Waals surface area contributed by atoms with Gasteiger partial charge in [-0.3, -0.25) is 4.79 Å². The van der Waals surface area contributed by atoms with Crippen molar-refractivity contribution in [3.8, 4) is 0 Å². The molecule has 1 aliphatic rings. The van der Waals surface area contributed by atoms with Crippen LogP contribution in [0.25, 0.3) is 0 Å². The van der Waals surface area contributed by atoms with Crippen LogP contribution < -0.4 is 5.32 Å². The summed E-state index contributed by atoms with van der Waals surface area (Å²) >= 11 is 0. The molecule has 1 amide bonds. The SMILES string of the molecule is CC(C)C(NC(=O)C(C)(C)CC(C)(C)C1=CCCC=C1)C(=O)O. The highest BCUT2D eigenvalue weighted by atomic mass is 16.4. The lowest BCUT2D eigenvalue weighted by atomic mass is 9.69. The molecule has 23 heavy (non-hydrogen) atoms. The summed E-state index contributed by atoms with van der Waals surface area (Å²) in [7, 11) is 0. The number of aliphatic carboxylic acids is 1. The normalized spacial score (nSPS) is 16.9. The number of carboxylic acid groups (broad SMARTS) is 1. The Morgan fingerprint density at radius 2 is 1.83 bits per heavy atom. The van der Waals surface area contributed by atoms with Crippen LogP contribution in [0.5, 0.6) is 0 Å². The van der Waals surface area contributed by atoms with Crippen molar-refractivity contribution in [2.75, 3.05) is 0 Å². The van der Waals surface area contributed by atoms with Gasteiger partial charge in [0.2, 0.25) is 5.91 Å². The summed E-state index contributed by atoms with van der Waals surface area (Å²) in [6.45, 7) is 11.6. The predicted molar refractivity (Wildman–Crippen MR) is 93.0 cm³/mol. The minimum Gasteiger partial charge on any atom is -0.480 e. The quantitative estimate of drug-likeness (QED) is 0.746. The zero-order valence-corrected chi connectivity index (χ0v) is 15.3. The van der Waals surface area contributed by atoms with Gasteiger partial charge >= 0.3 is 5.97 Å². The molecule has 0 aromatic carbocycles. The predicted octanol–water partition coefficient (Wildman–Crippen LogP) is 3.93. The zero-order chi connectivity index (χ0) is 17.8.